The number of ether oxygens (including phenoxy) is 1. The van der Waals surface area contributed by atoms with E-state index in [9.17, 15) is 19.5 Å². The third kappa shape index (κ3) is 3.61. The topological polar surface area (TPSA) is 83.9 Å². The maximum atomic E-state index is 12.7. The van der Waals surface area contributed by atoms with Crippen LogP contribution in [0.4, 0.5) is 0 Å². The molecule has 1 N–H and O–H groups in total. The Kier molecular flexibility index (Phi) is 5.07. The Morgan fingerprint density at radius 3 is 2.25 bits per heavy atom. The summed E-state index contributed by atoms with van der Waals surface area (Å²) in [4.78, 5) is 39.4. The molecule has 1 heterocycles. The van der Waals surface area contributed by atoms with E-state index >= 15 is 0 Å². The van der Waals surface area contributed by atoms with Crippen LogP contribution >= 0.6 is 0 Å². The number of rotatable bonds is 4. The first kappa shape index (κ1) is 18.5. The lowest BCUT2D eigenvalue weighted by Crippen LogP contribution is -2.39. The lowest BCUT2D eigenvalue weighted by Gasteiger charge is -2.28. The van der Waals surface area contributed by atoms with Crippen LogP contribution in [0.5, 0.6) is 0 Å². The van der Waals surface area contributed by atoms with Gasteiger partial charge in [-0.05, 0) is 30.5 Å². The van der Waals surface area contributed by atoms with Crippen LogP contribution in [0, 0.1) is 0 Å². The number of piperidine rings is 1. The van der Waals surface area contributed by atoms with Crippen molar-refractivity contribution >= 4 is 17.5 Å². The Morgan fingerprint density at radius 2 is 1.57 bits per heavy atom. The summed E-state index contributed by atoms with van der Waals surface area (Å²) >= 11 is 0. The van der Waals surface area contributed by atoms with Crippen molar-refractivity contribution < 1.29 is 24.2 Å². The Morgan fingerprint density at radius 1 is 0.964 bits per heavy atom. The Bertz CT molecular complexity index is 944. The van der Waals surface area contributed by atoms with E-state index < -0.39 is 0 Å². The van der Waals surface area contributed by atoms with E-state index in [4.69, 9.17) is 4.74 Å². The second kappa shape index (κ2) is 7.66. The third-order valence-corrected chi connectivity index (χ3v) is 5.30. The highest BCUT2D eigenvalue weighted by molar-refractivity contribution is 6.28. The highest BCUT2D eigenvalue weighted by atomic mass is 16.5. The SMILES string of the molecule is O=C(CN1CCC(O)CC1)OCc1ccc2c(c1)C(=O)c1ccccc1C2=O. The average Bonchev–Trinajstić information content (AvgIpc) is 2.72. The number of ketones is 2. The Labute approximate surface area is 162 Å². The molecule has 0 bridgehead atoms. The van der Waals surface area contributed by atoms with Gasteiger partial charge in [-0.15, -0.1) is 0 Å². The van der Waals surface area contributed by atoms with Crippen LogP contribution in [0.2, 0.25) is 0 Å². The number of hydrogen-bond acceptors (Lipinski definition) is 6. The molecular formula is C22H21NO5. The second-order valence-corrected chi connectivity index (χ2v) is 7.25. The van der Waals surface area contributed by atoms with Gasteiger partial charge in [-0.3, -0.25) is 19.3 Å². The van der Waals surface area contributed by atoms with E-state index in [1.54, 1.807) is 42.5 Å². The predicted molar refractivity (Wildman–Crippen MR) is 101 cm³/mol. The van der Waals surface area contributed by atoms with E-state index in [1.165, 1.54) is 0 Å². The standard InChI is InChI=1S/C22H21NO5/c24-15-7-9-23(10-8-15)12-20(25)28-13-14-5-6-18-19(11-14)22(27)17-4-2-1-3-16(17)21(18)26/h1-6,11,15,24H,7-10,12-13H2. The van der Waals surface area contributed by atoms with E-state index in [-0.39, 0.29) is 36.8 Å². The minimum atomic E-state index is -0.346. The summed E-state index contributed by atoms with van der Waals surface area (Å²) < 4.78 is 5.34. The maximum absolute atomic E-state index is 12.7. The summed E-state index contributed by atoms with van der Waals surface area (Å²) in [6.45, 7) is 1.57. The zero-order valence-corrected chi connectivity index (χ0v) is 15.4. The quantitative estimate of drug-likeness (QED) is 0.698. The number of nitrogens with zero attached hydrogens (tertiary/aromatic N) is 1. The van der Waals surface area contributed by atoms with Gasteiger partial charge in [0.05, 0.1) is 12.6 Å². The Balaban J connectivity index is 1.42. The van der Waals surface area contributed by atoms with Gasteiger partial charge < -0.3 is 9.84 Å². The van der Waals surface area contributed by atoms with Gasteiger partial charge in [0.15, 0.2) is 11.6 Å². The molecule has 0 saturated carbocycles. The van der Waals surface area contributed by atoms with Gasteiger partial charge in [0.1, 0.15) is 6.61 Å². The molecule has 1 saturated heterocycles. The molecule has 0 atom stereocenters. The van der Waals surface area contributed by atoms with Crippen LogP contribution in [0.1, 0.15) is 50.2 Å². The summed E-state index contributed by atoms with van der Waals surface area (Å²) in [7, 11) is 0. The van der Waals surface area contributed by atoms with Crippen molar-refractivity contribution in [2.75, 3.05) is 19.6 Å². The van der Waals surface area contributed by atoms with E-state index in [0.29, 0.717) is 53.7 Å². The fraction of sp³-hybridized carbons (Fsp3) is 0.318. The van der Waals surface area contributed by atoms with Gasteiger partial charge in [0.2, 0.25) is 0 Å². The zero-order valence-electron chi connectivity index (χ0n) is 15.4. The largest absolute Gasteiger partial charge is 0.460 e. The summed E-state index contributed by atoms with van der Waals surface area (Å²) in [5.74, 6) is -0.701. The number of aliphatic hydroxyl groups is 1. The number of carbonyl (C=O) groups is 3. The molecule has 2 aromatic carbocycles. The molecule has 2 aliphatic rings. The normalized spacial score (nSPS) is 17.2. The predicted octanol–water partition coefficient (Wildman–Crippen LogP) is 1.96. The van der Waals surface area contributed by atoms with Crippen LogP contribution in [-0.4, -0.2) is 53.3 Å². The number of carbonyl (C=O) groups excluding carboxylic acids is 3. The first-order valence-electron chi connectivity index (χ1n) is 9.40. The summed E-state index contributed by atoms with van der Waals surface area (Å²) in [6.07, 6.45) is 1.04. The number of benzene rings is 2. The van der Waals surface area contributed by atoms with Gasteiger partial charge in [0.25, 0.3) is 0 Å². The maximum Gasteiger partial charge on any atom is 0.320 e. The van der Waals surface area contributed by atoms with Crippen LogP contribution in [0.3, 0.4) is 0 Å². The molecule has 0 radical (unpaired) electrons. The molecule has 28 heavy (non-hydrogen) atoms. The second-order valence-electron chi connectivity index (χ2n) is 7.25. The lowest BCUT2D eigenvalue weighted by atomic mass is 9.83. The molecule has 144 valence electrons. The molecule has 6 nitrogen and oxygen atoms in total. The monoisotopic (exact) mass is 379 g/mol. The fourth-order valence-corrected chi connectivity index (χ4v) is 3.71. The van der Waals surface area contributed by atoms with Crippen molar-refractivity contribution in [2.45, 2.75) is 25.6 Å². The van der Waals surface area contributed by atoms with Gasteiger partial charge in [-0.25, -0.2) is 0 Å². The smallest absolute Gasteiger partial charge is 0.320 e. The average molecular weight is 379 g/mol. The number of likely N-dealkylation sites (tertiary alicyclic amines) is 1. The van der Waals surface area contributed by atoms with Crippen LogP contribution in [-0.2, 0) is 16.1 Å². The molecule has 1 aliphatic carbocycles. The third-order valence-electron chi connectivity index (χ3n) is 5.30. The number of esters is 1. The number of hydrogen-bond donors (Lipinski definition) is 1. The summed E-state index contributed by atoms with van der Waals surface area (Å²) in [5.41, 5.74) is 2.22. The van der Waals surface area contributed by atoms with Crippen molar-refractivity contribution in [3.05, 3.63) is 70.3 Å². The Hall–Kier alpha value is -2.83. The minimum absolute atomic E-state index is 0.0473. The van der Waals surface area contributed by atoms with Crippen molar-refractivity contribution in [2.24, 2.45) is 0 Å². The van der Waals surface area contributed by atoms with E-state index in [0.717, 1.165) is 0 Å². The highest BCUT2D eigenvalue weighted by Crippen LogP contribution is 2.28. The molecule has 0 amide bonds. The molecule has 2 aromatic rings. The molecule has 0 spiro atoms. The van der Waals surface area contributed by atoms with E-state index in [2.05, 4.69) is 0 Å². The molecular weight excluding hydrogens is 358 g/mol. The van der Waals surface area contributed by atoms with Crippen LogP contribution in [0.15, 0.2) is 42.5 Å². The zero-order chi connectivity index (χ0) is 19.7. The molecule has 0 unspecified atom stereocenters. The van der Waals surface area contributed by atoms with Crippen molar-refractivity contribution in [1.82, 2.24) is 4.90 Å². The van der Waals surface area contributed by atoms with Crippen LogP contribution in [0.25, 0.3) is 0 Å². The molecule has 6 heteroatoms. The number of fused-ring (bicyclic) bond motifs is 2. The lowest BCUT2D eigenvalue weighted by molar-refractivity contribution is -0.146. The molecule has 1 aliphatic heterocycles. The summed E-state index contributed by atoms with van der Waals surface area (Å²) in [6, 6.07) is 11.8. The van der Waals surface area contributed by atoms with Gasteiger partial charge in [0, 0.05) is 35.3 Å². The molecule has 4 rings (SSSR count). The number of aliphatic hydroxyl groups excluding tert-OH is 1. The molecule has 1 fully saturated rings. The van der Waals surface area contributed by atoms with Gasteiger partial charge >= 0.3 is 5.97 Å². The summed E-state index contributed by atoms with van der Waals surface area (Å²) in [5, 5.41) is 9.52. The first-order valence-corrected chi connectivity index (χ1v) is 9.40. The van der Waals surface area contributed by atoms with Crippen LogP contribution < -0.4 is 0 Å². The minimum Gasteiger partial charge on any atom is -0.460 e. The highest BCUT2D eigenvalue weighted by Gasteiger charge is 2.29. The van der Waals surface area contributed by atoms with Crippen molar-refractivity contribution in [3.63, 3.8) is 0 Å². The molecule has 0 aromatic heterocycles. The van der Waals surface area contributed by atoms with Crippen molar-refractivity contribution in [1.29, 1.82) is 0 Å². The van der Waals surface area contributed by atoms with E-state index in [1.807, 2.05) is 4.90 Å². The van der Waals surface area contributed by atoms with Crippen molar-refractivity contribution in [3.8, 4) is 0 Å². The fourth-order valence-electron chi connectivity index (χ4n) is 3.71. The van der Waals surface area contributed by atoms with Gasteiger partial charge in [-0.1, -0.05) is 30.3 Å². The first-order chi connectivity index (χ1) is 13.5. The van der Waals surface area contributed by atoms with Gasteiger partial charge in [-0.2, -0.15) is 0 Å².